The standard InChI is InChI=1S/C6H8NOS/c1-2-4-6-5(3-1)8-7-9-6/h1-4H2. The number of rotatable bonds is 0. The fraction of sp³-hybridized carbons (Fsp3) is 0.667. The highest BCUT2D eigenvalue weighted by Crippen LogP contribution is 2.36. The van der Waals surface area contributed by atoms with Gasteiger partial charge in [-0.2, -0.15) is 0 Å². The average molecular weight is 142 g/mol. The Hall–Kier alpha value is -0.150. The Bertz CT molecular complexity index is 139. The third kappa shape index (κ3) is 0.946. The Kier molecular flexibility index (Phi) is 1.39. The van der Waals surface area contributed by atoms with Crippen LogP contribution in [0.3, 0.4) is 0 Å². The lowest BCUT2D eigenvalue weighted by Gasteiger charge is -2.07. The smallest absolute Gasteiger partial charge is 0.138 e. The van der Waals surface area contributed by atoms with E-state index in [1.54, 1.807) is 0 Å². The zero-order chi connectivity index (χ0) is 6.10. The molecule has 49 valence electrons. The first-order valence-electron chi connectivity index (χ1n) is 3.23. The van der Waals surface area contributed by atoms with Crippen molar-refractivity contribution in [3.05, 3.63) is 10.7 Å². The second kappa shape index (κ2) is 2.23. The first-order valence-corrected chi connectivity index (χ1v) is 4.00. The molecule has 3 heteroatoms. The fourth-order valence-corrected chi connectivity index (χ4v) is 1.85. The Morgan fingerprint density at radius 1 is 1.33 bits per heavy atom. The van der Waals surface area contributed by atoms with E-state index in [1.165, 1.54) is 36.1 Å². The number of nitrogens with zero attached hydrogens (tertiary/aromatic N) is 1. The lowest BCUT2D eigenvalue weighted by Crippen LogP contribution is -1.94. The molecular formula is C6H8NOS. The van der Waals surface area contributed by atoms with Gasteiger partial charge in [0.05, 0.1) is 0 Å². The summed E-state index contributed by atoms with van der Waals surface area (Å²) >= 11 is 1.51. The maximum absolute atomic E-state index is 5.02. The van der Waals surface area contributed by atoms with Gasteiger partial charge < -0.3 is 4.84 Å². The lowest BCUT2D eigenvalue weighted by atomic mass is 10.1. The molecule has 0 aromatic rings. The first-order chi connectivity index (χ1) is 4.47. The van der Waals surface area contributed by atoms with E-state index in [2.05, 4.69) is 4.89 Å². The van der Waals surface area contributed by atoms with E-state index in [1.807, 2.05) is 0 Å². The summed E-state index contributed by atoms with van der Waals surface area (Å²) < 4.78 is 0. The Morgan fingerprint density at radius 2 is 2.22 bits per heavy atom. The van der Waals surface area contributed by atoms with E-state index in [9.17, 15) is 0 Å². The fourth-order valence-electron chi connectivity index (χ4n) is 1.15. The van der Waals surface area contributed by atoms with E-state index in [0.29, 0.717) is 0 Å². The molecule has 1 aliphatic carbocycles. The maximum Gasteiger partial charge on any atom is 0.138 e. The van der Waals surface area contributed by atoms with Gasteiger partial charge in [0.2, 0.25) is 0 Å². The van der Waals surface area contributed by atoms with E-state index in [0.717, 1.165) is 12.2 Å². The molecule has 9 heavy (non-hydrogen) atoms. The van der Waals surface area contributed by atoms with Crippen LogP contribution in [0.25, 0.3) is 0 Å². The average Bonchev–Trinajstić information content (AvgIpc) is 2.33. The van der Waals surface area contributed by atoms with Gasteiger partial charge in [0.15, 0.2) is 0 Å². The van der Waals surface area contributed by atoms with Crippen molar-refractivity contribution < 1.29 is 4.84 Å². The van der Waals surface area contributed by atoms with Gasteiger partial charge in [-0.15, -0.1) is 0 Å². The van der Waals surface area contributed by atoms with Gasteiger partial charge in [-0.25, -0.2) is 0 Å². The molecule has 2 aliphatic rings. The van der Waals surface area contributed by atoms with Crippen LogP contribution in [0.2, 0.25) is 0 Å². The van der Waals surface area contributed by atoms with Crippen molar-refractivity contribution in [1.82, 2.24) is 4.89 Å². The maximum atomic E-state index is 5.02. The molecular weight excluding hydrogens is 134 g/mol. The van der Waals surface area contributed by atoms with Gasteiger partial charge in [0.25, 0.3) is 0 Å². The summed E-state index contributed by atoms with van der Waals surface area (Å²) in [6, 6.07) is 0. The monoisotopic (exact) mass is 142 g/mol. The largest absolute Gasteiger partial charge is 0.379 e. The lowest BCUT2D eigenvalue weighted by molar-refractivity contribution is 0.165. The first kappa shape index (κ1) is 5.62. The molecule has 0 spiro atoms. The van der Waals surface area contributed by atoms with Crippen molar-refractivity contribution in [2.24, 2.45) is 0 Å². The molecule has 0 atom stereocenters. The number of hydrogen-bond acceptors (Lipinski definition) is 2. The van der Waals surface area contributed by atoms with Crippen molar-refractivity contribution in [2.45, 2.75) is 25.7 Å². The van der Waals surface area contributed by atoms with E-state index < -0.39 is 0 Å². The van der Waals surface area contributed by atoms with Crippen LogP contribution < -0.4 is 4.89 Å². The predicted octanol–water partition coefficient (Wildman–Crippen LogP) is 1.97. The molecule has 0 N–H and O–H groups in total. The number of hydrogen-bond donors (Lipinski definition) is 0. The highest BCUT2D eigenvalue weighted by Gasteiger charge is 2.21. The van der Waals surface area contributed by atoms with Crippen molar-refractivity contribution in [3.63, 3.8) is 0 Å². The van der Waals surface area contributed by atoms with Crippen molar-refractivity contribution in [1.29, 1.82) is 0 Å². The van der Waals surface area contributed by atoms with Gasteiger partial charge in [0.1, 0.15) is 5.76 Å². The van der Waals surface area contributed by atoms with Crippen molar-refractivity contribution in [3.8, 4) is 0 Å². The zero-order valence-electron chi connectivity index (χ0n) is 5.09. The normalized spacial score (nSPS) is 25.8. The summed E-state index contributed by atoms with van der Waals surface area (Å²) in [6.45, 7) is 0. The molecule has 1 aliphatic heterocycles. The topological polar surface area (TPSA) is 23.3 Å². The Morgan fingerprint density at radius 3 is 3.11 bits per heavy atom. The molecule has 0 fully saturated rings. The molecule has 0 saturated heterocycles. The van der Waals surface area contributed by atoms with Gasteiger partial charge >= 0.3 is 0 Å². The third-order valence-electron chi connectivity index (χ3n) is 1.66. The van der Waals surface area contributed by atoms with Crippen LogP contribution in [-0.4, -0.2) is 0 Å². The van der Waals surface area contributed by atoms with Crippen LogP contribution in [-0.2, 0) is 4.84 Å². The molecule has 0 saturated carbocycles. The Balaban J connectivity index is 2.17. The minimum absolute atomic E-state index is 1.10. The molecule has 2 nitrogen and oxygen atoms in total. The highest BCUT2D eigenvalue weighted by molar-refractivity contribution is 8.01. The van der Waals surface area contributed by atoms with E-state index in [-0.39, 0.29) is 0 Å². The second-order valence-corrected chi connectivity index (χ2v) is 3.14. The molecule has 0 aromatic carbocycles. The van der Waals surface area contributed by atoms with E-state index >= 15 is 0 Å². The molecule has 2 rings (SSSR count). The van der Waals surface area contributed by atoms with Crippen LogP contribution in [0.1, 0.15) is 25.7 Å². The molecule has 0 unspecified atom stereocenters. The molecule has 0 amide bonds. The number of allylic oxidation sites excluding steroid dienone is 2. The van der Waals surface area contributed by atoms with Gasteiger partial charge in [-0.1, -0.05) is 0 Å². The third-order valence-corrected chi connectivity index (χ3v) is 2.46. The zero-order valence-corrected chi connectivity index (χ0v) is 5.91. The van der Waals surface area contributed by atoms with Crippen LogP contribution in [0, 0.1) is 0 Å². The van der Waals surface area contributed by atoms with Gasteiger partial charge in [0, 0.05) is 28.2 Å². The second-order valence-electron chi connectivity index (χ2n) is 2.31. The summed E-state index contributed by atoms with van der Waals surface area (Å²) in [7, 11) is 0. The highest BCUT2D eigenvalue weighted by atomic mass is 32.2. The van der Waals surface area contributed by atoms with Gasteiger partial charge in [-0.05, 0) is 19.3 Å². The van der Waals surface area contributed by atoms with Crippen LogP contribution >= 0.6 is 11.9 Å². The molecule has 1 heterocycles. The summed E-state index contributed by atoms with van der Waals surface area (Å²) in [4.78, 5) is 10.2. The Labute approximate surface area is 58.7 Å². The summed E-state index contributed by atoms with van der Waals surface area (Å²) in [5.74, 6) is 1.13. The minimum Gasteiger partial charge on any atom is -0.379 e. The molecule has 0 bridgehead atoms. The molecule has 0 aromatic heterocycles. The van der Waals surface area contributed by atoms with Gasteiger partial charge in [-0.3, -0.25) is 0 Å². The van der Waals surface area contributed by atoms with Crippen LogP contribution in [0.5, 0.6) is 0 Å². The summed E-state index contributed by atoms with van der Waals surface area (Å²) in [6.07, 6.45) is 4.87. The summed E-state index contributed by atoms with van der Waals surface area (Å²) in [5.41, 5.74) is 0. The van der Waals surface area contributed by atoms with Crippen LogP contribution in [0.15, 0.2) is 10.7 Å². The molecule has 1 radical (unpaired) electrons. The van der Waals surface area contributed by atoms with E-state index in [4.69, 9.17) is 4.84 Å². The quantitative estimate of drug-likeness (QED) is 0.483. The predicted molar refractivity (Wildman–Crippen MR) is 36.3 cm³/mol. The SMILES string of the molecule is C1CCC2=C(C1)O[N]S2. The van der Waals surface area contributed by atoms with Crippen molar-refractivity contribution >= 4 is 11.9 Å². The van der Waals surface area contributed by atoms with Crippen molar-refractivity contribution in [2.75, 3.05) is 0 Å². The minimum atomic E-state index is 1.10. The van der Waals surface area contributed by atoms with Crippen LogP contribution in [0.4, 0.5) is 0 Å². The summed E-state index contributed by atoms with van der Waals surface area (Å²) in [5, 5.41) is 0.